The molecule has 0 aromatic carbocycles. The van der Waals surface area contributed by atoms with Crippen molar-refractivity contribution >= 4 is 11.9 Å². The summed E-state index contributed by atoms with van der Waals surface area (Å²) in [5.74, 6) is 0.247. The molecule has 6 nitrogen and oxygen atoms in total. The van der Waals surface area contributed by atoms with Crippen LogP contribution in [-0.2, 0) is 4.79 Å². The van der Waals surface area contributed by atoms with E-state index in [9.17, 15) is 9.59 Å². The van der Waals surface area contributed by atoms with E-state index in [1.807, 2.05) is 9.80 Å². The fourth-order valence-corrected chi connectivity index (χ4v) is 2.81. The predicted octanol–water partition coefficient (Wildman–Crippen LogP) is 0.298. The molecule has 0 aliphatic carbocycles. The molecule has 2 saturated heterocycles. The third-order valence-electron chi connectivity index (χ3n) is 4.09. The van der Waals surface area contributed by atoms with E-state index in [0.717, 1.165) is 39.0 Å². The Kier molecular flexibility index (Phi) is 5.23. The molecule has 0 unspecified atom stereocenters. The van der Waals surface area contributed by atoms with Crippen molar-refractivity contribution in [1.82, 2.24) is 19.6 Å². The van der Waals surface area contributed by atoms with Gasteiger partial charge in [0.1, 0.15) is 0 Å². The molecule has 114 valence electrons. The van der Waals surface area contributed by atoms with Crippen LogP contribution in [-0.4, -0.2) is 91.4 Å². The summed E-state index contributed by atoms with van der Waals surface area (Å²) in [4.78, 5) is 31.6. The van der Waals surface area contributed by atoms with Gasteiger partial charge in [-0.3, -0.25) is 9.69 Å². The summed E-state index contributed by atoms with van der Waals surface area (Å²) in [5.41, 5.74) is 0. The summed E-state index contributed by atoms with van der Waals surface area (Å²) < 4.78 is 0. The number of carbonyl (C=O) groups is 2. The molecule has 2 rings (SSSR count). The van der Waals surface area contributed by atoms with Crippen molar-refractivity contribution in [2.24, 2.45) is 0 Å². The number of hydrogen-bond donors (Lipinski definition) is 0. The molecule has 0 bridgehead atoms. The lowest BCUT2D eigenvalue weighted by Crippen LogP contribution is -2.53. The minimum atomic E-state index is 0.0620. The quantitative estimate of drug-likeness (QED) is 0.732. The number of amides is 3. The zero-order valence-electron chi connectivity index (χ0n) is 12.7. The highest BCUT2D eigenvalue weighted by atomic mass is 16.2. The Morgan fingerprint density at radius 1 is 0.850 bits per heavy atom. The van der Waals surface area contributed by atoms with Crippen LogP contribution >= 0.6 is 0 Å². The molecule has 3 amide bonds. The maximum absolute atomic E-state index is 12.2. The van der Waals surface area contributed by atoms with Crippen LogP contribution in [0.25, 0.3) is 0 Å². The van der Waals surface area contributed by atoms with Gasteiger partial charge in [0.15, 0.2) is 0 Å². The molecule has 2 fully saturated rings. The molecule has 0 aromatic rings. The first kappa shape index (κ1) is 15.1. The average Bonchev–Trinajstić information content (AvgIpc) is 2.48. The molecule has 0 N–H and O–H groups in total. The van der Waals surface area contributed by atoms with Crippen molar-refractivity contribution in [3.05, 3.63) is 0 Å². The summed E-state index contributed by atoms with van der Waals surface area (Å²) in [7, 11) is 3.54. The second-order valence-corrected chi connectivity index (χ2v) is 5.88. The van der Waals surface area contributed by atoms with Crippen molar-refractivity contribution in [2.75, 3.05) is 59.9 Å². The van der Waals surface area contributed by atoms with Crippen molar-refractivity contribution in [1.29, 1.82) is 0 Å². The number of hydrogen-bond acceptors (Lipinski definition) is 3. The van der Waals surface area contributed by atoms with Gasteiger partial charge < -0.3 is 14.7 Å². The van der Waals surface area contributed by atoms with E-state index in [1.54, 1.807) is 19.0 Å². The number of piperidine rings is 1. The van der Waals surface area contributed by atoms with Crippen molar-refractivity contribution in [3.63, 3.8) is 0 Å². The number of piperazine rings is 1. The number of urea groups is 1. The van der Waals surface area contributed by atoms with Crippen LogP contribution in [0, 0.1) is 0 Å². The lowest BCUT2D eigenvalue weighted by atomic mass is 10.1. The lowest BCUT2D eigenvalue weighted by molar-refractivity contribution is -0.133. The number of nitrogens with zero attached hydrogens (tertiary/aromatic N) is 4. The van der Waals surface area contributed by atoms with Gasteiger partial charge in [-0.1, -0.05) is 0 Å². The Labute approximate surface area is 121 Å². The fraction of sp³-hybridized carbons (Fsp3) is 0.857. The standard InChI is InChI=1S/C14H26N4O2/c1-15(2)14(20)18-10-8-16(9-11-18)12-13(19)17-6-4-3-5-7-17/h3-12H2,1-2H3. The van der Waals surface area contributed by atoms with Gasteiger partial charge in [-0.2, -0.15) is 0 Å². The maximum Gasteiger partial charge on any atom is 0.319 e. The van der Waals surface area contributed by atoms with Gasteiger partial charge in [0.25, 0.3) is 0 Å². The van der Waals surface area contributed by atoms with Crippen LogP contribution < -0.4 is 0 Å². The molecule has 0 saturated carbocycles. The zero-order chi connectivity index (χ0) is 14.5. The van der Waals surface area contributed by atoms with Gasteiger partial charge in [-0.15, -0.1) is 0 Å². The Morgan fingerprint density at radius 3 is 2.00 bits per heavy atom. The minimum absolute atomic E-state index is 0.0620. The average molecular weight is 282 g/mol. The summed E-state index contributed by atoms with van der Waals surface area (Å²) in [6.45, 7) is 5.34. The van der Waals surface area contributed by atoms with E-state index in [0.29, 0.717) is 19.6 Å². The molecule has 2 aliphatic rings. The maximum atomic E-state index is 12.2. The van der Waals surface area contributed by atoms with Gasteiger partial charge in [-0.25, -0.2) is 4.79 Å². The van der Waals surface area contributed by atoms with Crippen molar-refractivity contribution in [2.45, 2.75) is 19.3 Å². The molecule has 0 spiro atoms. The lowest BCUT2D eigenvalue weighted by Gasteiger charge is -2.36. The Hall–Kier alpha value is -1.30. The molecule has 2 heterocycles. The second-order valence-electron chi connectivity index (χ2n) is 5.88. The van der Waals surface area contributed by atoms with Crippen LogP contribution in [0.3, 0.4) is 0 Å². The van der Waals surface area contributed by atoms with Gasteiger partial charge in [-0.05, 0) is 19.3 Å². The van der Waals surface area contributed by atoms with E-state index in [4.69, 9.17) is 0 Å². The van der Waals surface area contributed by atoms with Crippen molar-refractivity contribution in [3.8, 4) is 0 Å². The molecule has 0 aromatic heterocycles. The number of likely N-dealkylation sites (tertiary alicyclic amines) is 1. The van der Waals surface area contributed by atoms with Gasteiger partial charge in [0.05, 0.1) is 6.54 Å². The van der Waals surface area contributed by atoms with Crippen LogP contribution in [0.15, 0.2) is 0 Å². The van der Waals surface area contributed by atoms with Gasteiger partial charge in [0, 0.05) is 53.4 Å². The second kappa shape index (κ2) is 6.92. The molecule has 0 atom stereocenters. The molecule has 20 heavy (non-hydrogen) atoms. The number of rotatable bonds is 2. The molecular weight excluding hydrogens is 256 g/mol. The van der Waals surface area contributed by atoms with Crippen molar-refractivity contribution < 1.29 is 9.59 Å². The third-order valence-corrected chi connectivity index (χ3v) is 4.09. The van der Waals surface area contributed by atoms with Crippen LogP contribution in [0.5, 0.6) is 0 Å². The Balaban J connectivity index is 1.73. The fourth-order valence-electron chi connectivity index (χ4n) is 2.81. The molecule has 2 aliphatic heterocycles. The smallest absolute Gasteiger partial charge is 0.319 e. The Morgan fingerprint density at radius 2 is 1.45 bits per heavy atom. The topological polar surface area (TPSA) is 47.1 Å². The highest BCUT2D eigenvalue weighted by Crippen LogP contribution is 2.10. The highest BCUT2D eigenvalue weighted by molar-refractivity contribution is 5.78. The van der Waals surface area contributed by atoms with Gasteiger partial charge >= 0.3 is 6.03 Å². The number of carbonyl (C=O) groups excluding carboxylic acids is 2. The highest BCUT2D eigenvalue weighted by Gasteiger charge is 2.25. The van der Waals surface area contributed by atoms with Gasteiger partial charge in [0.2, 0.25) is 5.91 Å². The van der Waals surface area contributed by atoms with E-state index < -0.39 is 0 Å². The monoisotopic (exact) mass is 282 g/mol. The minimum Gasteiger partial charge on any atom is -0.342 e. The zero-order valence-corrected chi connectivity index (χ0v) is 12.7. The SMILES string of the molecule is CN(C)C(=O)N1CCN(CC(=O)N2CCCCC2)CC1. The van der Waals surface area contributed by atoms with E-state index in [2.05, 4.69) is 4.90 Å². The summed E-state index contributed by atoms with van der Waals surface area (Å²) in [5, 5.41) is 0. The predicted molar refractivity (Wildman–Crippen MR) is 77.5 cm³/mol. The summed E-state index contributed by atoms with van der Waals surface area (Å²) in [6.07, 6.45) is 3.52. The van der Waals surface area contributed by atoms with Crippen LogP contribution in [0.1, 0.15) is 19.3 Å². The van der Waals surface area contributed by atoms with Crippen LogP contribution in [0.2, 0.25) is 0 Å². The third kappa shape index (κ3) is 3.85. The first-order valence-corrected chi connectivity index (χ1v) is 7.54. The molecular formula is C14H26N4O2. The summed E-state index contributed by atoms with van der Waals surface area (Å²) >= 11 is 0. The van der Waals surface area contributed by atoms with Crippen LogP contribution in [0.4, 0.5) is 4.79 Å². The first-order valence-electron chi connectivity index (χ1n) is 7.54. The molecule has 0 radical (unpaired) electrons. The largest absolute Gasteiger partial charge is 0.342 e. The first-order chi connectivity index (χ1) is 9.58. The molecule has 6 heteroatoms. The van der Waals surface area contributed by atoms with E-state index >= 15 is 0 Å². The van der Waals surface area contributed by atoms with E-state index in [1.165, 1.54) is 6.42 Å². The van der Waals surface area contributed by atoms with E-state index in [-0.39, 0.29) is 11.9 Å². The Bertz CT molecular complexity index is 345. The summed E-state index contributed by atoms with van der Waals surface area (Å²) in [6, 6.07) is 0.0620. The normalized spacial score (nSPS) is 20.9.